The summed E-state index contributed by atoms with van der Waals surface area (Å²) in [6.45, 7) is 36.5. The molecular formula is C37H69N2O4+. The summed E-state index contributed by atoms with van der Waals surface area (Å²) in [4.78, 5) is 2.38. The summed E-state index contributed by atoms with van der Waals surface area (Å²) >= 11 is 0. The predicted octanol–water partition coefficient (Wildman–Crippen LogP) is 6.63. The van der Waals surface area contributed by atoms with Crippen molar-refractivity contribution in [1.82, 2.24) is 4.90 Å². The van der Waals surface area contributed by atoms with E-state index in [0.717, 1.165) is 63.4 Å². The quantitative estimate of drug-likeness (QED) is 0.102. The lowest BCUT2D eigenvalue weighted by molar-refractivity contribution is -0.909. The Morgan fingerprint density at radius 3 is 1.58 bits per heavy atom. The number of aliphatic hydroxyl groups excluding tert-OH is 1. The Hall–Kier alpha value is -1.28. The van der Waals surface area contributed by atoms with Crippen molar-refractivity contribution in [2.75, 3.05) is 79.4 Å². The van der Waals surface area contributed by atoms with Gasteiger partial charge in [0.25, 0.3) is 0 Å². The van der Waals surface area contributed by atoms with Crippen LogP contribution in [0, 0.1) is 35.5 Å². The van der Waals surface area contributed by atoms with Crippen LogP contribution in [0.4, 0.5) is 0 Å². The lowest BCUT2D eigenvalue weighted by Crippen LogP contribution is -2.49. The molecule has 1 N–H and O–H groups in total. The van der Waals surface area contributed by atoms with E-state index in [9.17, 15) is 5.11 Å². The smallest absolute Gasteiger partial charge is 0.126 e. The number of epoxide rings is 1. The van der Waals surface area contributed by atoms with E-state index in [-0.39, 0.29) is 6.10 Å². The molecule has 2 saturated carbocycles. The molecule has 3 fully saturated rings. The van der Waals surface area contributed by atoms with Gasteiger partial charge in [0.1, 0.15) is 18.8 Å². The molecule has 6 nitrogen and oxygen atoms in total. The molecule has 0 spiro atoms. The summed E-state index contributed by atoms with van der Waals surface area (Å²) in [5.41, 5.74) is 0. The van der Waals surface area contributed by atoms with E-state index in [1.165, 1.54) is 32.5 Å². The first-order chi connectivity index (χ1) is 20.7. The minimum Gasteiger partial charge on any atom is -0.385 e. The first kappa shape index (κ1) is 39.7. The standard InChI is InChI=1S/C18H34NO2.C13H20O2.C6H15N/c1-6-15-10-16(7-2)17(11-15)13-21-14-18(20)12-19(5,8-3)9-4;1-3-10-5-11(4-2)12(6-10)7-14-8-13-9-15-13;1-4-7(5-2)6-3/h6-7,15-18,20H,1-2,8-14H2,3-5H3;3-4,10-13H,1-2,5-9H2;4-6H2,1-3H3/q+1;;. The highest BCUT2D eigenvalue weighted by Gasteiger charge is 2.32. The van der Waals surface area contributed by atoms with E-state index in [4.69, 9.17) is 14.2 Å². The molecule has 3 aliphatic rings. The first-order valence-electron chi connectivity index (χ1n) is 17.2. The predicted molar refractivity (Wildman–Crippen MR) is 183 cm³/mol. The molecule has 0 bridgehead atoms. The molecule has 2 aliphatic carbocycles. The zero-order chi connectivity index (χ0) is 32.3. The van der Waals surface area contributed by atoms with Crippen molar-refractivity contribution in [2.24, 2.45) is 35.5 Å². The third-order valence-corrected chi connectivity index (χ3v) is 10.0. The number of quaternary nitrogens is 1. The fourth-order valence-electron chi connectivity index (χ4n) is 6.33. The van der Waals surface area contributed by atoms with Crippen LogP contribution in [-0.2, 0) is 14.2 Å². The normalized spacial score (nSPS) is 28.7. The van der Waals surface area contributed by atoms with Gasteiger partial charge in [-0.2, -0.15) is 0 Å². The van der Waals surface area contributed by atoms with Crippen molar-refractivity contribution in [3.63, 3.8) is 0 Å². The van der Waals surface area contributed by atoms with Crippen molar-refractivity contribution >= 4 is 0 Å². The van der Waals surface area contributed by atoms with Gasteiger partial charge < -0.3 is 28.7 Å². The molecule has 3 rings (SSSR count). The van der Waals surface area contributed by atoms with E-state index >= 15 is 0 Å². The van der Waals surface area contributed by atoms with Crippen LogP contribution in [-0.4, -0.2) is 106 Å². The van der Waals surface area contributed by atoms with Crippen LogP contribution in [0.1, 0.15) is 60.3 Å². The maximum Gasteiger partial charge on any atom is 0.126 e. The molecule has 0 aromatic heterocycles. The van der Waals surface area contributed by atoms with Crippen molar-refractivity contribution in [3.05, 3.63) is 50.6 Å². The van der Waals surface area contributed by atoms with E-state index in [1.54, 1.807) is 0 Å². The van der Waals surface area contributed by atoms with Gasteiger partial charge in [0.2, 0.25) is 0 Å². The number of aliphatic hydroxyl groups is 1. The largest absolute Gasteiger partial charge is 0.385 e. The minimum absolute atomic E-state index is 0.379. The Balaban J connectivity index is 0.000000364. The average Bonchev–Trinajstić information content (AvgIpc) is 3.62. The fraction of sp³-hybridized carbons (Fsp3) is 0.784. The van der Waals surface area contributed by atoms with Crippen LogP contribution in [0.15, 0.2) is 50.6 Å². The molecule has 0 aromatic rings. The summed E-state index contributed by atoms with van der Waals surface area (Å²) in [5, 5.41) is 10.2. The number of rotatable bonds is 19. The first-order valence-corrected chi connectivity index (χ1v) is 17.2. The van der Waals surface area contributed by atoms with Crippen LogP contribution in [0.3, 0.4) is 0 Å². The Morgan fingerprint density at radius 2 is 1.23 bits per heavy atom. The molecular weight excluding hydrogens is 536 g/mol. The van der Waals surface area contributed by atoms with Crippen LogP contribution in [0.25, 0.3) is 0 Å². The molecule has 8 atom stereocenters. The number of likely N-dealkylation sites (N-methyl/N-ethyl adjacent to an activating group) is 1. The van der Waals surface area contributed by atoms with E-state index in [2.05, 4.69) is 97.2 Å². The fourth-order valence-corrected chi connectivity index (χ4v) is 6.33. The summed E-state index contributed by atoms with van der Waals surface area (Å²) in [6, 6.07) is 0. The lowest BCUT2D eigenvalue weighted by Gasteiger charge is -2.34. The summed E-state index contributed by atoms with van der Waals surface area (Å²) in [5.74, 6) is 3.52. The molecule has 1 aliphatic heterocycles. The highest BCUT2D eigenvalue weighted by atomic mass is 16.6. The molecule has 6 heteroatoms. The highest BCUT2D eigenvalue weighted by Crippen LogP contribution is 2.38. The molecule has 0 radical (unpaired) electrons. The molecule has 8 unspecified atom stereocenters. The SMILES string of the molecule is C=CC1CC(C=C)C(COCC(O)C[N+](C)(CC)CC)C1.C=CC1CC(C=C)C(COCC2CO2)C1.CCN(CC)CC. The molecule has 1 saturated heterocycles. The van der Waals surface area contributed by atoms with Crippen LogP contribution < -0.4 is 0 Å². The van der Waals surface area contributed by atoms with E-state index < -0.39 is 0 Å². The maximum absolute atomic E-state index is 10.2. The van der Waals surface area contributed by atoms with Crippen molar-refractivity contribution in [3.8, 4) is 0 Å². The van der Waals surface area contributed by atoms with Crippen LogP contribution >= 0.6 is 0 Å². The van der Waals surface area contributed by atoms with Gasteiger partial charge in [-0.25, -0.2) is 0 Å². The zero-order valence-corrected chi connectivity index (χ0v) is 28.9. The molecule has 250 valence electrons. The summed E-state index contributed by atoms with van der Waals surface area (Å²) in [7, 11) is 2.18. The number of hydrogen-bond donors (Lipinski definition) is 1. The Bertz CT molecular complexity index is 756. The van der Waals surface area contributed by atoms with Gasteiger partial charge in [0.15, 0.2) is 0 Å². The van der Waals surface area contributed by atoms with Crippen molar-refractivity contribution in [1.29, 1.82) is 0 Å². The summed E-state index contributed by atoms with van der Waals surface area (Å²) < 4.78 is 17.5. The summed E-state index contributed by atoms with van der Waals surface area (Å²) in [6.07, 6.45) is 12.9. The molecule has 43 heavy (non-hydrogen) atoms. The highest BCUT2D eigenvalue weighted by molar-refractivity contribution is 4.99. The topological polar surface area (TPSA) is 54.5 Å². The number of allylic oxidation sites excluding steroid dienone is 4. The van der Waals surface area contributed by atoms with Gasteiger partial charge in [0.05, 0.1) is 53.2 Å². The van der Waals surface area contributed by atoms with Gasteiger partial charge in [-0.05, 0) is 94.7 Å². The second-order valence-corrected chi connectivity index (χ2v) is 13.0. The van der Waals surface area contributed by atoms with Crippen molar-refractivity contribution in [2.45, 2.75) is 72.5 Å². The van der Waals surface area contributed by atoms with E-state index in [0.29, 0.717) is 48.2 Å². The number of hydrogen-bond acceptors (Lipinski definition) is 5. The Kier molecular flexibility index (Phi) is 20.6. The Labute approximate surface area is 266 Å². The third kappa shape index (κ3) is 15.5. The van der Waals surface area contributed by atoms with Gasteiger partial charge >= 0.3 is 0 Å². The van der Waals surface area contributed by atoms with Crippen LogP contribution in [0.5, 0.6) is 0 Å². The number of ether oxygens (including phenoxy) is 3. The second kappa shape index (κ2) is 22.3. The monoisotopic (exact) mass is 606 g/mol. The lowest BCUT2D eigenvalue weighted by atomic mass is 9.97. The maximum atomic E-state index is 10.2. The van der Waals surface area contributed by atoms with Gasteiger partial charge in [0, 0.05) is 0 Å². The molecule has 0 amide bonds. The second-order valence-electron chi connectivity index (χ2n) is 13.0. The van der Waals surface area contributed by atoms with Gasteiger partial charge in [-0.15, -0.1) is 26.3 Å². The van der Waals surface area contributed by atoms with Crippen LogP contribution in [0.2, 0.25) is 0 Å². The van der Waals surface area contributed by atoms with E-state index in [1.807, 2.05) is 0 Å². The van der Waals surface area contributed by atoms with Gasteiger partial charge in [-0.3, -0.25) is 0 Å². The Morgan fingerprint density at radius 1 is 0.767 bits per heavy atom. The molecule has 1 heterocycles. The van der Waals surface area contributed by atoms with Crippen molar-refractivity contribution < 1.29 is 23.8 Å². The molecule has 0 aromatic carbocycles. The average molecular weight is 606 g/mol. The third-order valence-electron chi connectivity index (χ3n) is 10.0. The van der Waals surface area contributed by atoms with Gasteiger partial charge in [-0.1, -0.05) is 45.1 Å². The minimum atomic E-state index is -0.381. The number of nitrogens with zero attached hydrogens (tertiary/aromatic N) is 2. The zero-order valence-electron chi connectivity index (χ0n) is 28.9.